The Morgan fingerprint density at radius 2 is 1.84 bits per heavy atom. The minimum absolute atomic E-state index is 0. The fourth-order valence-corrected chi connectivity index (χ4v) is 1.94. The number of methoxy groups -OCH3 is 1. The summed E-state index contributed by atoms with van der Waals surface area (Å²) in [4.78, 5) is 18.4. The lowest BCUT2D eigenvalue weighted by molar-refractivity contribution is 0.0253. The summed E-state index contributed by atoms with van der Waals surface area (Å²) in [7, 11) is 1.69. The number of halogens is 1. The molecule has 0 bridgehead atoms. The predicted molar refractivity (Wildman–Crippen MR) is 114 cm³/mol. The van der Waals surface area contributed by atoms with E-state index in [2.05, 4.69) is 15.6 Å². The topological polar surface area (TPSA) is 75.2 Å². The largest absolute Gasteiger partial charge is 0.444 e. The molecule has 0 aliphatic rings. The van der Waals surface area contributed by atoms with Crippen molar-refractivity contribution in [3.05, 3.63) is 0 Å². The maximum Gasteiger partial charge on any atom is 0.410 e. The average molecular weight is 472 g/mol. The Bertz CT molecular complexity index is 373. The molecule has 2 N–H and O–H groups in total. The van der Waals surface area contributed by atoms with E-state index in [1.165, 1.54) is 0 Å². The van der Waals surface area contributed by atoms with Gasteiger partial charge in [0.2, 0.25) is 0 Å². The van der Waals surface area contributed by atoms with Crippen LogP contribution in [-0.2, 0) is 9.47 Å². The quantitative estimate of drug-likeness (QED) is 0.221. The van der Waals surface area contributed by atoms with Gasteiger partial charge in [0.25, 0.3) is 0 Å². The van der Waals surface area contributed by atoms with Crippen molar-refractivity contribution in [1.29, 1.82) is 0 Å². The van der Waals surface area contributed by atoms with Gasteiger partial charge in [0.05, 0.1) is 0 Å². The molecule has 0 saturated heterocycles. The molecule has 0 radical (unpaired) electrons. The maximum absolute atomic E-state index is 12.2. The van der Waals surface area contributed by atoms with Crippen LogP contribution in [0.2, 0.25) is 0 Å². The molecule has 7 nitrogen and oxygen atoms in total. The number of hydrogen-bond acceptors (Lipinski definition) is 4. The van der Waals surface area contributed by atoms with Crippen LogP contribution >= 0.6 is 24.0 Å². The molecule has 1 amide bonds. The Balaban J connectivity index is 0. The number of nitrogens with one attached hydrogen (secondary N) is 2. The second-order valence-electron chi connectivity index (χ2n) is 6.50. The summed E-state index contributed by atoms with van der Waals surface area (Å²) in [5.41, 5.74) is -0.478. The number of aliphatic imine (C=N–C) groups is 1. The Hall–Kier alpha value is -0.770. The zero-order valence-corrected chi connectivity index (χ0v) is 19.0. The highest BCUT2D eigenvalue weighted by molar-refractivity contribution is 14.0. The van der Waals surface area contributed by atoms with E-state index in [4.69, 9.17) is 9.47 Å². The van der Waals surface area contributed by atoms with Gasteiger partial charge in [-0.15, -0.1) is 24.0 Å². The van der Waals surface area contributed by atoms with Crippen molar-refractivity contribution in [1.82, 2.24) is 15.5 Å². The van der Waals surface area contributed by atoms with Gasteiger partial charge < -0.3 is 25.0 Å². The second-order valence-corrected chi connectivity index (χ2v) is 6.50. The van der Waals surface area contributed by atoms with Crippen LogP contribution in [0.15, 0.2) is 4.99 Å². The minimum atomic E-state index is -0.478. The van der Waals surface area contributed by atoms with E-state index < -0.39 is 5.60 Å². The fraction of sp³-hybridized carbons (Fsp3) is 0.882. The third-order valence-corrected chi connectivity index (χ3v) is 2.94. The summed E-state index contributed by atoms with van der Waals surface area (Å²) in [5.74, 6) is 0.759. The van der Waals surface area contributed by atoms with E-state index in [9.17, 15) is 4.79 Å². The monoisotopic (exact) mass is 472 g/mol. The summed E-state index contributed by atoms with van der Waals surface area (Å²) < 4.78 is 10.5. The summed E-state index contributed by atoms with van der Waals surface area (Å²) in [6.07, 6.45) is 1.50. The number of carbonyl (C=O) groups is 1. The van der Waals surface area contributed by atoms with E-state index >= 15 is 0 Å². The second kappa shape index (κ2) is 15.5. The van der Waals surface area contributed by atoms with Crippen LogP contribution in [0.3, 0.4) is 0 Å². The molecule has 0 fully saturated rings. The van der Waals surface area contributed by atoms with Crippen molar-refractivity contribution in [3.63, 3.8) is 0 Å². The summed E-state index contributed by atoms with van der Waals surface area (Å²) in [6.45, 7) is 13.8. The highest BCUT2D eigenvalue weighted by Crippen LogP contribution is 2.10. The van der Waals surface area contributed by atoms with Gasteiger partial charge in [0.1, 0.15) is 5.60 Å². The molecular weight excluding hydrogens is 435 g/mol. The third kappa shape index (κ3) is 15.2. The molecule has 0 aliphatic carbocycles. The summed E-state index contributed by atoms with van der Waals surface area (Å²) >= 11 is 0. The van der Waals surface area contributed by atoms with Gasteiger partial charge in [-0.25, -0.2) is 4.79 Å². The van der Waals surface area contributed by atoms with Crippen LogP contribution in [0.25, 0.3) is 0 Å². The number of hydrogen-bond donors (Lipinski definition) is 2. The number of guanidine groups is 1. The van der Waals surface area contributed by atoms with E-state index in [1.807, 2.05) is 34.6 Å². The molecule has 0 aromatic rings. The molecule has 0 atom stereocenters. The van der Waals surface area contributed by atoms with Crippen molar-refractivity contribution < 1.29 is 14.3 Å². The van der Waals surface area contributed by atoms with Crippen LogP contribution in [0.1, 0.15) is 47.5 Å². The normalized spacial score (nSPS) is 11.5. The first-order valence-electron chi connectivity index (χ1n) is 8.83. The molecule has 150 valence electrons. The first-order valence-corrected chi connectivity index (χ1v) is 8.83. The molecule has 0 spiro atoms. The molecule has 8 heteroatoms. The molecule has 0 aromatic carbocycles. The van der Waals surface area contributed by atoms with Crippen LogP contribution in [0.4, 0.5) is 4.79 Å². The molecular formula is C17H37IN4O3. The van der Waals surface area contributed by atoms with Crippen molar-refractivity contribution >= 4 is 36.0 Å². The number of ether oxygens (including phenoxy) is 2. The predicted octanol–water partition coefficient (Wildman–Crippen LogP) is 2.84. The average Bonchev–Trinajstić information content (AvgIpc) is 2.48. The van der Waals surface area contributed by atoms with E-state index in [-0.39, 0.29) is 30.1 Å². The van der Waals surface area contributed by atoms with E-state index in [0.717, 1.165) is 25.3 Å². The van der Waals surface area contributed by atoms with Crippen LogP contribution in [0, 0.1) is 0 Å². The molecule has 0 aromatic heterocycles. The van der Waals surface area contributed by atoms with Crippen LogP contribution < -0.4 is 10.6 Å². The van der Waals surface area contributed by atoms with E-state index in [1.54, 1.807) is 12.0 Å². The zero-order chi connectivity index (χ0) is 18.4. The van der Waals surface area contributed by atoms with Gasteiger partial charge in [0.15, 0.2) is 5.96 Å². The third-order valence-electron chi connectivity index (χ3n) is 2.94. The van der Waals surface area contributed by atoms with Gasteiger partial charge >= 0.3 is 6.09 Å². The summed E-state index contributed by atoms with van der Waals surface area (Å²) in [5, 5.41) is 6.45. The Morgan fingerprint density at radius 3 is 2.36 bits per heavy atom. The molecule has 0 heterocycles. The van der Waals surface area contributed by atoms with Gasteiger partial charge in [-0.1, -0.05) is 6.92 Å². The first kappa shape index (κ1) is 26.5. The van der Waals surface area contributed by atoms with Gasteiger partial charge in [-0.3, -0.25) is 4.99 Å². The Morgan fingerprint density at radius 1 is 1.16 bits per heavy atom. The lowest BCUT2D eigenvalue weighted by Crippen LogP contribution is -2.44. The van der Waals surface area contributed by atoms with Gasteiger partial charge in [-0.05, 0) is 40.5 Å². The lowest BCUT2D eigenvalue weighted by Gasteiger charge is -2.27. The molecule has 25 heavy (non-hydrogen) atoms. The smallest absolute Gasteiger partial charge is 0.410 e. The van der Waals surface area contributed by atoms with Crippen molar-refractivity contribution in [3.8, 4) is 0 Å². The molecule has 0 aliphatic heterocycles. The number of amides is 1. The first-order chi connectivity index (χ1) is 11.3. The maximum atomic E-state index is 12.2. The van der Waals surface area contributed by atoms with Gasteiger partial charge in [-0.2, -0.15) is 0 Å². The molecule has 0 rings (SSSR count). The van der Waals surface area contributed by atoms with Crippen LogP contribution in [-0.4, -0.2) is 69.0 Å². The van der Waals surface area contributed by atoms with Crippen molar-refractivity contribution in [2.24, 2.45) is 4.99 Å². The molecule has 0 unspecified atom stereocenters. The standard InChI is InChI=1S/C17H36N4O3.HI/c1-7-12-21(16(22)24-17(3,4)5)13-11-20-15(18-8-2)19-10-9-14-23-6;/h7-14H2,1-6H3,(H2,18,19,20);1H. The Labute approximate surface area is 170 Å². The highest BCUT2D eigenvalue weighted by Gasteiger charge is 2.21. The lowest BCUT2D eigenvalue weighted by atomic mass is 10.2. The summed E-state index contributed by atoms with van der Waals surface area (Å²) in [6, 6.07) is 0. The number of nitrogens with zero attached hydrogens (tertiary/aromatic N) is 2. The fourth-order valence-electron chi connectivity index (χ4n) is 1.94. The number of carbonyl (C=O) groups excluding carboxylic acids is 1. The zero-order valence-electron chi connectivity index (χ0n) is 16.7. The van der Waals surface area contributed by atoms with Gasteiger partial charge in [0, 0.05) is 46.4 Å². The van der Waals surface area contributed by atoms with E-state index in [0.29, 0.717) is 32.8 Å². The highest BCUT2D eigenvalue weighted by atomic mass is 127. The number of rotatable bonds is 10. The SMILES string of the molecule is CCCN(CCNC(=NCCCOC)NCC)C(=O)OC(C)(C)C.I. The van der Waals surface area contributed by atoms with Crippen LogP contribution in [0.5, 0.6) is 0 Å². The molecule has 0 saturated carbocycles. The van der Waals surface area contributed by atoms with Crippen molar-refractivity contribution in [2.75, 3.05) is 46.4 Å². The Kier molecular flexibility index (Phi) is 16.4. The minimum Gasteiger partial charge on any atom is -0.444 e. The van der Waals surface area contributed by atoms with Crippen molar-refractivity contribution in [2.45, 2.75) is 53.1 Å².